The molecular formula is C24H31N3O4S. The Kier molecular flexibility index (Phi) is 7.36. The summed E-state index contributed by atoms with van der Waals surface area (Å²) in [5.74, 6) is -0.350. The third kappa shape index (κ3) is 5.55. The summed E-state index contributed by atoms with van der Waals surface area (Å²) in [6.45, 7) is 7.95. The van der Waals surface area contributed by atoms with Crippen molar-refractivity contribution in [3.63, 3.8) is 0 Å². The van der Waals surface area contributed by atoms with Crippen LogP contribution < -0.4 is 14.9 Å². The zero-order chi connectivity index (χ0) is 23.5. The second-order valence-electron chi connectivity index (χ2n) is 8.56. The fourth-order valence-corrected chi connectivity index (χ4v) is 5.16. The minimum absolute atomic E-state index is 0.0710. The number of fused-ring (bicyclic) bond motifs is 1. The van der Waals surface area contributed by atoms with Crippen molar-refractivity contribution in [3.8, 4) is 0 Å². The van der Waals surface area contributed by atoms with Crippen LogP contribution in [0.3, 0.4) is 0 Å². The van der Waals surface area contributed by atoms with E-state index in [1.54, 1.807) is 23.1 Å². The van der Waals surface area contributed by atoms with Crippen LogP contribution in [0, 0.1) is 5.92 Å². The van der Waals surface area contributed by atoms with E-state index >= 15 is 0 Å². The molecule has 0 unspecified atom stereocenters. The zero-order valence-corrected chi connectivity index (χ0v) is 19.8. The van der Waals surface area contributed by atoms with Crippen LogP contribution in [0.5, 0.6) is 0 Å². The van der Waals surface area contributed by atoms with Gasteiger partial charge >= 0.3 is 0 Å². The number of benzene rings is 2. The third-order valence-electron chi connectivity index (χ3n) is 5.56. The second kappa shape index (κ2) is 9.83. The Morgan fingerprint density at radius 1 is 1.12 bits per heavy atom. The molecule has 2 N–H and O–H groups in total. The monoisotopic (exact) mass is 457 g/mol. The number of rotatable bonds is 8. The summed E-state index contributed by atoms with van der Waals surface area (Å²) in [7, 11) is -3.93. The number of hydrogen-bond acceptors (Lipinski definition) is 4. The Morgan fingerprint density at radius 2 is 1.88 bits per heavy atom. The Labute approximate surface area is 190 Å². The van der Waals surface area contributed by atoms with E-state index in [1.807, 2.05) is 39.0 Å². The predicted octanol–water partition coefficient (Wildman–Crippen LogP) is 3.49. The molecule has 1 aliphatic heterocycles. The number of amides is 2. The lowest BCUT2D eigenvalue weighted by atomic mass is 10.0. The lowest BCUT2D eigenvalue weighted by Crippen LogP contribution is -2.44. The van der Waals surface area contributed by atoms with Crippen LogP contribution in [0.15, 0.2) is 47.4 Å². The predicted molar refractivity (Wildman–Crippen MR) is 126 cm³/mol. The molecule has 172 valence electrons. The van der Waals surface area contributed by atoms with E-state index in [4.69, 9.17) is 0 Å². The van der Waals surface area contributed by atoms with Gasteiger partial charge in [-0.2, -0.15) is 4.72 Å². The highest BCUT2D eigenvalue weighted by molar-refractivity contribution is 7.89. The van der Waals surface area contributed by atoms with E-state index < -0.39 is 16.1 Å². The molecule has 0 fully saturated rings. The normalized spacial score (nSPS) is 14.3. The van der Waals surface area contributed by atoms with Gasteiger partial charge in [0.15, 0.2) is 0 Å². The van der Waals surface area contributed by atoms with Gasteiger partial charge in [-0.25, -0.2) is 8.42 Å². The van der Waals surface area contributed by atoms with Crippen LogP contribution in [0.25, 0.3) is 0 Å². The van der Waals surface area contributed by atoms with Gasteiger partial charge in [0.05, 0.1) is 4.90 Å². The molecule has 0 bridgehead atoms. The van der Waals surface area contributed by atoms with E-state index in [0.717, 1.165) is 23.2 Å². The largest absolute Gasteiger partial charge is 0.325 e. The van der Waals surface area contributed by atoms with E-state index in [0.29, 0.717) is 25.1 Å². The molecule has 2 amide bonds. The van der Waals surface area contributed by atoms with E-state index in [1.165, 1.54) is 13.0 Å². The highest BCUT2D eigenvalue weighted by atomic mass is 32.2. The maximum absolute atomic E-state index is 13.1. The minimum Gasteiger partial charge on any atom is -0.325 e. The van der Waals surface area contributed by atoms with Gasteiger partial charge in [0.1, 0.15) is 6.04 Å². The number of nitrogens with one attached hydrogen (secondary N) is 2. The summed E-state index contributed by atoms with van der Waals surface area (Å²) in [6, 6.07) is 11.3. The van der Waals surface area contributed by atoms with Crippen molar-refractivity contribution < 1.29 is 18.0 Å². The fourth-order valence-electron chi connectivity index (χ4n) is 3.91. The number of carbonyl (C=O) groups excluding carboxylic acids is 2. The van der Waals surface area contributed by atoms with Crippen molar-refractivity contribution in [1.82, 2.24) is 4.72 Å². The molecule has 1 heterocycles. The first-order valence-corrected chi connectivity index (χ1v) is 12.4. The Hall–Kier alpha value is -2.71. The summed E-state index contributed by atoms with van der Waals surface area (Å²) in [6.07, 6.45) is 1.80. The molecule has 2 aromatic rings. The maximum Gasteiger partial charge on any atom is 0.242 e. The van der Waals surface area contributed by atoms with Gasteiger partial charge in [-0.3, -0.25) is 9.59 Å². The molecule has 0 aliphatic carbocycles. The van der Waals surface area contributed by atoms with Gasteiger partial charge in [0, 0.05) is 24.8 Å². The Morgan fingerprint density at radius 3 is 2.53 bits per heavy atom. The lowest BCUT2D eigenvalue weighted by molar-refractivity contribution is -0.118. The first-order valence-electron chi connectivity index (χ1n) is 10.9. The molecular weight excluding hydrogens is 426 g/mol. The van der Waals surface area contributed by atoms with Crippen LogP contribution >= 0.6 is 0 Å². The number of nitrogens with zero attached hydrogens (tertiary/aromatic N) is 1. The van der Waals surface area contributed by atoms with Gasteiger partial charge in [-0.05, 0) is 66.6 Å². The van der Waals surface area contributed by atoms with Crippen molar-refractivity contribution in [2.75, 3.05) is 16.8 Å². The molecule has 0 aromatic heterocycles. The van der Waals surface area contributed by atoms with Gasteiger partial charge in [0.2, 0.25) is 21.8 Å². The number of anilines is 2. The SMILES string of the molecule is CCc1cccc(NC(=O)[C@@H](CC(C)C)NS(=O)(=O)c2ccc3c(c2)CCN3C(C)=O)c1. The highest BCUT2D eigenvalue weighted by Crippen LogP contribution is 2.30. The van der Waals surface area contributed by atoms with Gasteiger partial charge in [-0.15, -0.1) is 0 Å². The molecule has 8 heteroatoms. The molecule has 0 radical (unpaired) electrons. The number of hydrogen-bond donors (Lipinski definition) is 2. The molecule has 1 atom stereocenters. The Bertz CT molecular complexity index is 1110. The quantitative estimate of drug-likeness (QED) is 0.634. The number of sulfonamides is 1. The van der Waals surface area contributed by atoms with Crippen LogP contribution in [-0.4, -0.2) is 32.8 Å². The average molecular weight is 458 g/mol. The standard InChI is InChI=1S/C24H31N3O4S/c1-5-18-7-6-8-20(14-18)25-24(29)22(13-16(2)3)26-32(30,31)21-9-10-23-19(15-21)11-12-27(23)17(4)28/h6-10,14-16,22,26H,5,11-13H2,1-4H3,(H,25,29)/t22-/m1/s1. The van der Waals surface area contributed by atoms with E-state index in [2.05, 4.69) is 10.0 Å². The highest BCUT2D eigenvalue weighted by Gasteiger charge is 2.29. The minimum atomic E-state index is -3.93. The Balaban J connectivity index is 1.81. The lowest BCUT2D eigenvalue weighted by Gasteiger charge is -2.21. The summed E-state index contributed by atoms with van der Waals surface area (Å²) in [4.78, 5) is 26.5. The first kappa shape index (κ1) is 23.9. The van der Waals surface area contributed by atoms with Crippen molar-refractivity contribution in [2.24, 2.45) is 5.92 Å². The topological polar surface area (TPSA) is 95.6 Å². The van der Waals surface area contributed by atoms with Gasteiger partial charge in [0.25, 0.3) is 0 Å². The summed E-state index contributed by atoms with van der Waals surface area (Å²) < 4.78 is 28.8. The number of aryl methyl sites for hydroxylation is 1. The fraction of sp³-hybridized carbons (Fsp3) is 0.417. The van der Waals surface area contributed by atoms with Crippen molar-refractivity contribution in [2.45, 2.75) is 57.9 Å². The van der Waals surface area contributed by atoms with Gasteiger partial charge in [-0.1, -0.05) is 32.9 Å². The van der Waals surface area contributed by atoms with Crippen LogP contribution in [-0.2, 0) is 32.5 Å². The van der Waals surface area contributed by atoms with E-state index in [9.17, 15) is 18.0 Å². The molecule has 0 saturated carbocycles. The first-order chi connectivity index (χ1) is 15.1. The van der Waals surface area contributed by atoms with E-state index in [-0.39, 0.29) is 22.6 Å². The van der Waals surface area contributed by atoms with Crippen LogP contribution in [0.4, 0.5) is 11.4 Å². The summed E-state index contributed by atoms with van der Waals surface area (Å²) in [5.41, 5.74) is 3.28. The second-order valence-corrected chi connectivity index (χ2v) is 10.3. The van der Waals surface area contributed by atoms with Crippen LogP contribution in [0.1, 0.15) is 45.2 Å². The zero-order valence-electron chi connectivity index (χ0n) is 19.0. The van der Waals surface area contributed by atoms with Crippen LogP contribution in [0.2, 0.25) is 0 Å². The molecule has 32 heavy (non-hydrogen) atoms. The van der Waals surface area contributed by atoms with Crippen molar-refractivity contribution in [1.29, 1.82) is 0 Å². The summed E-state index contributed by atoms with van der Waals surface area (Å²) >= 11 is 0. The molecule has 2 aromatic carbocycles. The third-order valence-corrected chi connectivity index (χ3v) is 7.03. The molecule has 3 rings (SSSR count). The van der Waals surface area contributed by atoms with Gasteiger partial charge < -0.3 is 10.2 Å². The van der Waals surface area contributed by atoms with Crippen molar-refractivity contribution in [3.05, 3.63) is 53.6 Å². The average Bonchev–Trinajstić information content (AvgIpc) is 3.16. The number of carbonyl (C=O) groups is 2. The van der Waals surface area contributed by atoms with Crippen molar-refractivity contribution >= 4 is 33.2 Å². The summed E-state index contributed by atoms with van der Waals surface area (Å²) in [5, 5.41) is 2.85. The smallest absolute Gasteiger partial charge is 0.242 e. The molecule has 0 spiro atoms. The maximum atomic E-state index is 13.1. The molecule has 1 aliphatic rings. The molecule has 7 nitrogen and oxygen atoms in total. The molecule has 0 saturated heterocycles.